The number of likely N-dealkylation sites (tertiary alicyclic amines) is 1. The molecule has 0 saturated carbocycles. The van der Waals surface area contributed by atoms with Crippen molar-refractivity contribution in [3.05, 3.63) is 59.7 Å². The third-order valence-electron chi connectivity index (χ3n) is 4.92. The van der Waals surface area contributed by atoms with Crippen LogP contribution in [0.5, 0.6) is 11.5 Å². The van der Waals surface area contributed by atoms with E-state index in [9.17, 15) is 9.90 Å². The van der Waals surface area contributed by atoms with Crippen molar-refractivity contribution in [3.8, 4) is 11.5 Å². The summed E-state index contributed by atoms with van der Waals surface area (Å²) in [6.45, 7) is 1.22. The number of hydrogen-bond donors (Lipinski definition) is 2. The van der Waals surface area contributed by atoms with Crippen molar-refractivity contribution in [1.29, 1.82) is 0 Å². The molecule has 27 heavy (non-hydrogen) atoms. The van der Waals surface area contributed by atoms with E-state index in [-0.39, 0.29) is 12.7 Å². The molecule has 2 N–H and O–H groups in total. The Morgan fingerprint density at radius 1 is 1.11 bits per heavy atom. The lowest BCUT2D eigenvalue weighted by Gasteiger charge is -2.36. The Kier molecular flexibility index (Phi) is 6.32. The number of aliphatic hydroxyl groups is 1. The minimum Gasteiger partial charge on any atom is -0.493 e. The van der Waals surface area contributed by atoms with E-state index < -0.39 is 12.0 Å². The third kappa shape index (κ3) is 4.59. The fraction of sp³-hybridized carbons (Fsp3) is 0.381. The SMILES string of the molecule is COc1ccccc1OC1CCN([C@@H](C(=O)O)c2ccc(CO)cc2)CC1. The largest absolute Gasteiger partial charge is 0.493 e. The summed E-state index contributed by atoms with van der Waals surface area (Å²) in [7, 11) is 1.62. The molecular formula is C21H25NO5. The van der Waals surface area contributed by atoms with Gasteiger partial charge >= 0.3 is 5.97 Å². The van der Waals surface area contributed by atoms with Crippen LogP contribution in [0.2, 0.25) is 0 Å². The standard InChI is InChI=1S/C21H25NO5/c1-26-18-4-2-3-5-19(18)27-17-10-12-22(13-11-17)20(21(24)25)16-8-6-15(14-23)7-9-16/h2-9,17,20,23H,10-14H2,1H3,(H,24,25)/t20-/m1/s1. The van der Waals surface area contributed by atoms with Crippen molar-refractivity contribution >= 4 is 5.97 Å². The van der Waals surface area contributed by atoms with Gasteiger partial charge in [0.05, 0.1) is 13.7 Å². The Bertz CT molecular complexity index is 753. The summed E-state index contributed by atoms with van der Waals surface area (Å²) in [6.07, 6.45) is 1.52. The van der Waals surface area contributed by atoms with Crippen molar-refractivity contribution in [3.63, 3.8) is 0 Å². The van der Waals surface area contributed by atoms with Gasteiger partial charge in [0.15, 0.2) is 11.5 Å². The van der Waals surface area contributed by atoms with Crippen LogP contribution in [0.1, 0.15) is 30.0 Å². The molecule has 144 valence electrons. The van der Waals surface area contributed by atoms with Crippen LogP contribution in [-0.2, 0) is 11.4 Å². The van der Waals surface area contributed by atoms with Crippen molar-refractivity contribution in [1.82, 2.24) is 4.90 Å². The van der Waals surface area contributed by atoms with Crippen LogP contribution >= 0.6 is 0 Å². The number of carboxylic acids is 1. The molecule has 0 radical (unpaired) electrons. The van der Waals surface area contributed by atoms with Gasteiger partial charge in [-0.1, -0.05) is 36.4 Å². The fourth-order valence-electron chi connectivity index (χ4n) is 3.46. The Balaban J connectivity index is 1.64. The number of piperidine rings is 1. The second-order valence-corrected chi connectivity index (χ2v) is 6.64. The summed E-state index contributed by atoms with van der Waals surface area (Å²) in [6, 6.07) is 14.0. The molecule has 1 fully saturated rings. The highest BCUT2D eigenvalue weighted by atomic mass is 16.5. The van der Waals surface area contributed by atoms with Crippen LogP contribution in [0.4, 0.5) is 0 Å². The van der Waals surface area contributed by atoms with E-state index in [1.807, 2.05) is 29.2 Å². The van der Waals surface area contributed by atoms with E-state index in [0.717, 1.165) is 24.0 Å². The number of ether oxygens (including phenoxy) is 2. The summed E-state index contributed by atoms with van der Waals surface area (Å²) in [5.74, 6) is 0.552. The number of carbonyl (C=O) groups is 1. The van der Waals surface area contributed by atoms with Gasteiger partial charge in [0.25, 0.3) is 0 Å². The van der Waals surface area contributed by atoms with Gasteiger partial charge in [-0.2, -0.15) is 0 Å². The first-order valence-corrected chi connectivity index (χ1v) is 9.08. The van der Waals surface area contributed by atoms with Gasteiger partial charge < -0.3 is 19.7 Å². The molecule has 0 unspecified atom stereocenters. The first-order chi connectivity index (χ1) is 13.1. The van der Waals surface area contributed by atoms with Crippen LogP contribution in [0.15, 0.2) is 48.5 Å². The molecule has 1 saturated heterocycles. The normalized spacial score (nSPS) is 16.7. The number of para-hydroxylation sites is 2. The maximum Gasteiger partial charge on any atom is 0.325 e. The van der Waals surface area contributed by atoms with Crippen molar-refractivity contribution in [2.45, 2.75) is 31.6 Å². The highest BCUT2D eigenvalue weighted by Gasteiger charge is 2.31. The fourth-order valence-corrected chi connectivity index (χ4v) is 3.46. The van der Waals surface area contributed by atoms with Gasteiger partial charge in [-0.3, -0.25) is 9.69 Å². The average Bonchev–Trinajstić information content (AvgIpc) is 2.70. The van der Waals surface area contributed by atoms with E-state index in [4.69, 9.17) is 14.6 Å². The molecule has 1 heterocycles. The van der Waals surface area contributed by atoms with Crippen molar-refractivity contribution in [2.75, 3.05) is 20.2 Å². The lowest BCUT2D eigenvalue weighted by atomic mass is 9.99. The molecule has 2 aromatic carbocycles. The lowest BCUT2D eigenvalue weighted by molar-refractivity contribution is -0.144. The van der Waals surface area contributed by atoms with Gasteiger partial charge in [0.1, 0.15) is 12.1 Å². The van der Waals surface area contributed by atoms with Crippen LogP contribution in [0.25, 0.3) is 0 Å². The molecule has 0 aromatic heterocycles. The smallest absolute Gasteiger partial charge is 0.325 e. The summed E-state index contributed by atoms with van der Waals surface area (Å²) < 4.78 is 11.4. The molecule has 2 aromatic rings. The molecular weight excluding hydrogens is 346 g/mol. The van der Waals surface area contributed by atoms with Crippen LogP contribution in [0, 0.1) is 0 Å². The Hall–Kier alpha value is -2.57. The molecule has 0 spiro atoms. The maximum atomic E-state index is 11.9. The Morgan fingerprint density at radius 3 is 2.30 bits per heavy atom. The van der Waals surface area contributed by atoms with Crippen LogP contribution in [-0.4, -0.2) is 47.4 Å². The molecule has 0 amide bonds. The predicted octanol–water partition coefficient (Wildman–Crippen LogP) is 2.86. The van der Waals surface area contributed by atoms with Gasteiger partial charge in [-0.05, 0) is 36.1 Å². The third-order valence-corrected chi connectivity index (χ3v) is 4.92. The predicted molar refractivity (Wildman–Crippen MR) is 101 cm³/mol. The number of carboxylic acid groups (broad SMARTS) is 1. The molecule has 0 aliphatic carbocycles. The molecule has 1 aliphatic rings. The summed E-state index contributed by atoms with van der Waals surface area (Å²) in [4.78, 5) is 13.8. The molecule has 6 nitrogen and oxygen atoms in total. The topological polar surface area (TPSA) is 79.2 Å². The minimum atomic E-state index is -0.865. The zero-order valence-electron chi connectivity index (χ0n) is 15.4. The van der Waals surface area contributed by atoms with Crippen LogP contribution in [0.3, 0.4) is 0 Å². The van der Waals surface area contributed by atoms with Crippen LogP contribution < -0.4 is 9.47 Å². The number of aliphatic hydroxyl groups excluding tert-OH is 1. The second-order valence-electron chi connectivity index (χ2n) is 6.64. The first kappa shape index (κ1) is 19.2. The summed E-state index contributed by atoms with van der Waals surface area (Å²) in [5.41, 5.74) is 1.50. The molecule has 6 heteroatoms. The summed E-state index contributed by atoms with van der Waals surface area (Å²) in [5, 5.41) is 18.9. The summed E-state index contributed by atoms with van der Waals surface area (Å²) >= 11 is 0. The highest BCUT2D eigenvalue weighted by molar-refractivity contribution is 5.75. The minimum absolute atomic E-state index is 0.0313. The van der Waals surface area contributed by atoms with Gasteiger partial charge in [0, 0.05) is 13.1 Å². The van der Waals surface area contributed by atoms with E-state index in [1.165, 1.54) is 0 Å². The van der Waals surface area contributed by atoms with Crippen molar-refractivity contribution in [2.24, 2.45) is 0 Å². The number of rotatable bonds is 7. The maximum absolute atomic E-state index is 11.9. The Morgan fingerprint density at radius 2 is 1.74 bits per heavy atom. The van der Waals surface area contributed by atoms with E-state index in [2.05, 4.69) is 0 Å². The van der Waals surface area contributed by atoms with E-state index >= 15 is 0 Å². The quantitative estimate of drug-likeness (QED) is 0.779. The molecule has 0 bridgehead atoms. The van der Waals surface area contributed by atoms with Gasteiger partial charge in [0.2, 0.25) is 0 Å². The van der Waals surface area contributed by atoms with Crippen molar-refractivity contribution < 1.29 is 24.5 Å². The van der Waals surface area contributed by atoms with Gasteiger partial charge in [-0.15, -0.1) is 0 Å². The number of hydrogen-bond acceptors (Lipinski definition) is 5. The Labute approximate surface area is 159 Å². The number of nitrogens with zero attached hydrogens (tertiary/aromatic N) is 1. The zero-order chi connectivity index (χ0) is 19.2. The zero-order valence-corrected chi connectivity index (χ0v) is 15.4. The first-order valence-electron chi connectivity index (χ1n) is 9.08. The highest BCUT2D eigenvalue weighted by Crippen LogP contribution is 2.31. The molecule has 1 aliphatic heterocycles. The van der Waals surface area contributed by atoms with E-state index in [0.29, 0.717) is 24.6 Å². The number of benzene rings is 2. The van der Waals surface area contributed by atoms with Gasteiger partial charge in [-0.25, -0.2) is 0 Å². The lowest BCUT2D eigenvalue weighted by Crippen LogP contribution is -2.43. The van der Waals surface area contributed by atoms with E-state index in [1.54, 1.807) is 31.4 Å². The average molecular weight is 371 g/mol. The second kappa shape index (κ2) is 8.88. The molecule has 3 rings (SSSR count). The number of aliphatic carboxylic acids is 1. The number of methoxy groups -OCH3 is 1. The molecule has 1 atom stereocenters. The monoisotopic (exact) mass is 371 g/mol.